The SMILES string of the molecule is Cn1c(=O)n([C@H]2CCN(C(=O)OC(C)(C)C)C2)c2c3cc(C4CCC(c5ccccc5)NC4)ccc3ncc21. The highest BCUT2D eigenvalue weighted by atomic mass is 16.6. The summed E-state index contributed by atoms with van der Waals surface area (Å²) in [5.74, 6) is 0.391. The number of hydrogen-bond donors (Lipinski definition) is 1. The molecule has 1 amide bonds. The Balaban J connectivity index is 1.32. The lowest BCUT2D eigenvalue weighted by atomic mass is 9.86. The molecule has 2 saturated heterocycles. The fourth-order valence-electron chi connectivity index (χ4n) is 6.19. The minimum absolute atomic E-state index is 0.0780. The van der Waals surface area contributed by atoms with Gasteiger partial charge in [0.05, 0.1) is 28.8 Å². The molecular formula is C31H37N5O3. The summed E-state index contributed by atoms with van der Waals surface area (Å²) in [7, 11) is 1.80. The van der Waals surface area contributed by atoms with Gasteiger partial charge in [-0.25, -0.2) is 9.59 Å². The fraction of sp³-hybridized carbons (Fsp3) is 0.452. The summed E-state index contributed by atoms with van der Waals surface area (Å²) in [4.78, 5) is 32.7. The number of hydrogen-bond acceptors (Lipinski definition) is 5. The third-order valence-corrected chi connectivity index (χ3v) is 8.21. The number of likely N-dealkylation sites (tertiary alicyclic amines) is 1. The first-order valence-corrected chi connectivity index (χ1v) is 14.0. The molecule has 3 atom stereocenters. The van der Waals surface area contributed by atoms with E-state index in [1.165, 1.54) is 11.1 Å². The predicted molar refractivity (Wildman–Crippen MR) is 153 cm³/mol. The van der Waals surface area contributed by atoms with Crippen LogP contribution in [0.1, 0.15) is 69.2 Å². The highest BCUT2D eigenvalue weighted by molar-refractivity contribution is 6.02. The Morgan fingerprint density at radius 1 is 1.05 bits per heavy atom. The van der Waals surface area contributed by atoms with Gasteiger partial charge in [-0.3, -0.25) is 14.1 Å². The van der Waals surface area contributed by atoms with Crippen molar-refractivity contribution in [3.05, 3.63) is 76.3 Å². The molecule has 0 radical (unpaired) electrons. The molecule has 0 spiro atoms. The van der Waals surface area contributed by atoms with E-state index in [-0.39, 0.29) is 17.8 Å². The Labute approximate surface area is 228 Å². The van der Waals surface area contributed by atoms with Crippen molar-refractivity contribution >= 4 is 28.0 Å². The van der Waals surface area contributed by atoms with Crippen LogP contribution in [-0.4, -0.2) is 50.3 Å². The van der Waals surface area contributed by atoms with Crippen LogP contribution in [0.5, 0.6) is 0 Å². The fourth-order valence-corrected chi connectivity index (χ4v) is 6.19. The van der Waals surface area contributed by atoms with Gasteiger partial charge in [-0.2, -0.15) is 0 Å². The number of aromatic nitrogens is 3. The zero-order chi connectivity index (χ0) is 27.3. The highest BCUT2D eigenvalue weighted by Crippen LogP contribution is 2.35. The standard InChI is InChI=1S/C31H37N5O3/c1-31(2,3)39-30(38)35-15-14-23(19-35)36-28-24-16-21(10-13-26(24)33-18-27(28)34(4)29(36)37)22-11-12-25(32-17-22)20-8-6-5-7-9-20/h5-10,13,16,18,22-23,25,32H,11-12,14-15,17,19H2,1-4H3/t22?,23-,25?/m0/s1. The maximum atomic E-state index is 13.5. The molecule has 39 heavy (non-hydrogen) atoms. The van der Waals surface area contributed by atoms with Crippen LogP contribution in [0.3, 0.4) is 0 Å². The van der Waals surface area contributed by atoms with Gasteiger partial charge in [0.15, 0.2) is 0 Å². The molecule has 6 rings (SSSR count). The number of amides is 1. The number of piperidine rings is 1. The number of nitrogens with one attached hydrogen (secondary N) is 1. The summed E-state index contributed by atoms with van der Waals surface area (Å²) >= 11 is 0. The van der Waals surface area contributed by atoms with E-state index in [4.69, 9.17) is 9.72 Å². The second kappa shape index (κ2) is 9.83. The second-order valence-electron chi connectivity index (χ2n) is 12.0. The summed E-state index contributed by atoms with van der Waals surface area (Å²) in [6.45, 7) is 7.53. The molecule has 2 aromatic heterocycles. The molecule has 0 bridgehead atoms. The number of carbonyl (C=O) groups is 1. The van der Waals surface area contributed by atoms with Crippen molar-refractivity contribution in [3.63, 3.8) is 0 Å². The van der Waals surface area contributed by atoms with Crippen LogP contribution in [0.4, 0.5) is 4.79 Å². The van der Waals surface area contributed by atoms with Crippen LogP contribution in [0.25, 0.3) is 21.9 Å². The van der Waals surface area contributed by atoms with Gasteiger partial charge in [-0.15, -0.1) is 0 Å². The molecule has 1 N–H and O–H groups in total. The maximum Gasteiger partial charge on any atom is 0.410 e. The van der Waals surface area contributed by atoms with E-state index in [0.29, 0.717) is 31.5 Å². The molecule has 204 valence electrons. The van der Waals surface area contributed by atoms with E-state index in [1.54, 1.807) is 22.7 Å². The Morgan fingerprint density at radius 2 is 1.85 bits per heavy atom. The normalized spacial score (nSPS) is 22.1. The first-order chi connectivity index (χ1) is 18.7. The first-order valence-electron chi connectivity index (χ1n) is 14.0. The number of aryl methyl sites for hydroxylation is 1. The smallest absolute Gasteiger partial charge is 0.410 e. The third kappa shape index (κ3) is 4.82. The monoisotopic (exact) mass is 527 g/mol. The van der Waals surface area contributed by atoms with Crippen LogP contribution in [0.15, 0.2) is 59.5 Å². The molecule has 4 aromatic rings. The molecule has 2 aliphatic rings. The quantitative estimate of drug-likeness (QED) is 0.392. The first kappa shape index (κ1) is 25.6. The van der Waals surface area contributed by atoms with E-state index in [0.717, 1.165) is 41.3 Å². The lowest BCUT2D eigenvalue weighted by Crippen LogP contribution is -2.36. The van der Waals surface area contributed by atoms with Gasteiger partial charge >= 0.3 is 11.8 Å². The number of fused-ring (bicyclic) bond motifs is 3. The third-order valence-electron chi connectivity index (χ3n) is 8.21. The molecule has 4 heterocycles. The van der Waals surface area contributed by atoms with Crippen LogP contribution in [0.2, 0.25) is 0 Å². The summed E-state index contributed by atoms with van der Waals surface area (Å²) in [6.07, 6.45) is 4.34. The molecule has 2 unspecified atom stereocenters. The van der Waals surface area contributed by atoms with Gasteiger partial charge in [0.25, 0.3) is 0 Å². The molecule has 2 fully saturated rings. The average Bonchev–Trinajstić information content (AvgIpc) is 3.51. The van der Waals surface area contributed by atoms with Crippen LogP contribution in [0, 0.1) is 0 Å². The van der Waals surface area contributed by atoms with Crippen LogP contribution in [-0.2, 0) is 11.8 Å². The average molecular weight is 528 g/mol. The van der Waals surface area contributed by atoms with Gasteiger partial charge in [-0.1, -0.05) is 36.4 Å². The minimum atomic E-state index is -0.557. The van der Waals surface area contributed by atoms with Gasteiger partial charge in [0.2, 0.25) is 0 Å². The topological polar surface area (TPSA) is 81.4 Å². The van der Waals surface area contributed by atoms with Gasteiger partial charge in [-0.05, 0) is 69.2 Å². The molecule has 2 aromatic carbocycles. The van der Waals surface area contributed by atoms with E-state index in [2.05, 4.69) is 53.8 Å². The van der Waals surface area contributed by atoms with E-state index < -0.39 is 5.60 Å². The van der Waals surface area contributed by atoms with Crippen molar-refractivity contribution in [3.8, 4) is 0 Å². The Hall–Kier alpha value is -3.65. The zero-order valence-corrected chi connectivity index (χ0v) is 23.2. The Morgan fingerprint density at radius 3 is 2.56 bits per heavy atom. The summed E-state index contributed by atoms with van der Waals surface area (Å²) in [5, 5.41) is 4.74. The molecule has 0 aliphatic carbocycles. The lowest BCUT2D eigenvalue weighted by molar-refractivity contribution is 0.0289. The number of imidazole rings is 1. The number of ether oxygens (including phenoxy) is 1. The van der Waals surface area contributed by atoms with Gasteiger partial charge in [0.1, 0.15) is 5.60 Å². The number of carbonyl (C=O) groups excluding carboxylic acids is 1. The molecule has 8 nitrogen and oxygen atoms in total. The van der Waals surface area contributed by atoms with Crippen molar-refractivity contribution in [1.82, 2.24) is 24.3 Å². The number of benzene rings is 2. The van der Waals surface area contributed by atoms with E-state index in [9.17, 15) is 9.59 Å². The van der Waals surface area contributed by atoms with E-state index >= 15 is 0 Å². The molecule has 2 aliphatic heterocycles. The zero-order valence-electron chi connectivity index (χ0n) is 23.2. The summed E-state index contributed by atoms with van der Waals surface area (Å²) in [5.41, 5.74) is 4.55. The number of nitrogens with zero attached hydrogens (tertiary/aromatic N) is 4. The van der Waals surface area contributed by atoms with Crippen LogP contribution >= 0.6 is 0 Å². The summed E-state index contributed by atoms with van der Waals surface area (Å²) in [6, 6.07) is 17.4. The largest absolute Gasteiger partial charge is 0.444 e. The molecule has 0 saturated carbocycles. The number of rotatable bonds is 3. The van der Waals surface area contributed by atoms with Crippen molar-refractivity contribution < 1.29 is 9.53 Å². The minimum Gasteiger partial charge on any atom is -0.444 e. The van der Waals surface area contributed by atoms with Crippen molar-refractivity contribution in [2.75, 3.05) is 19.6 Å². The molecule has 8 heteroatoms. The lowest BCUT2D eigenvalue weighted by Gasteiger charge is -2.30. The van der Waals surface area contributed by atoms with Gasteiger partial charge < -0.3 is 15.0 Å². The highest BCUT2D eigenvalue weighted by Gasteiger charge is 2.33. The van der Waals surface area contributed by atoms with Crippen molar-refractivity contribution in [2.45, 2.75) is 63.6 Å². The Bertz CT molecular complexity index is 1580. The molecular weight excluding hydrogens is 490 g/mol. The maximum absolute atomic E-state index is 13.5. The van der Waals surface area contributed by atoms with Crippen LogP contribution < -0.4 is 11.0 Å². The Kier molecular flexibility index (Phi) is 6.46. The number of pyridine rings is 1. The van der Waals surface area contributed by atoms with E-state index in [1.807, 2.05) is 25.3 Å². The van der Waals surface area contributed by atoms with Crippen molar-refractivity contribution in [2.24, 2.45) is 7.05 Å². The second-order valence-corrected chi connectivity index (χ2v) is 12.0. The van der Waals surface area contributed by atoms with Crippen molar-refractivity contribution in [1.29, 1.82) is 0 Å². The van der Waals surface area contributed by atoms with Gasteiger partial charge in [0, 0.05) is 38.1 Å². The summed E-state index contributed by atoms with van der Waals surface area (Å²) < 4.78 is 9.16. The predicted octanol–water partition coefficient (Wildman–Crippen LogP) is 5.28.